The van der Waals surface area contributed by atoms with Crippen molar-refractivity contribution in [1.82, 2.24) is 15.5 Å². The van der Waals surface area contributed by atoms with Crippen molar-refractivity contribution in [3.8, 4) is 5.75 Å². The van der Waals surface area contributed by atoms with Crippen LogP contribution in [-0.2, 0) is 9.53 Å². The van der Waals surface area contributed by atoms with Gasteiger partial charge in [-0.2, -0.15) is 5.10 Å². The summed E-state index contributed by atoms with van der Waals surface area (Å²) in [5.74, 6) is -0.354. The number of esters is 1. The number of aromatic nitrogens is 2. The van der Waals surface area contributed by atoms with Gasteiger partial charge >= 0.3 is 5.97 Å². The number of amides is 1. The van der Waals surface area contributed by atoms with Gasteiger partial charge in [0.05, 0.1) is 18.7 Å². The van der Waals surface area contributed by atoms with Crippen molar-refractivity contribution in [2.45, 2.75) is 6.04 Å². The van der Waals surface area contributed by atoms with Crippen LogP contribution in [0.5, 0.6) is 5.75 Å². The maximum absolute atomic E-state index is 12.6. The Kier molecular flexibility index (Phi) is 5.93. The molecule has 31 heavy (non-hydrogen) atoms. The van der Waals surface area contributed by atoms with Crippen LogP contribution in [0.2, 0.25) is 0 Å². The summed E-state index contributed by atoms with van der Waals surface area (Å²) in [6, 6.07) is 23.8. The lowest BCUT2D eigenvalue weighted by Crippen LogP contribution is -2.33. The molecule has 4 rings (SSSR count). The molecule has 0 aliphatic heterocycles. The summed E-state index contributed by atoms with van der Waals surface area (Å²) < 4.78 is 10.4. The van der Waals surface area contributed by atoms with Gasteiger partial charge in [0.2, 0.25) is 0 Å². The van der Waals surface area contributed by atoms with Crippen LogP contribution in [0, 0.1) is 0 Å². The molecule has 4 aromatic rings. The zero-order chi connectivity index (χ0) is 21.6. The van der Waals surface area contributed by atoms with Crippen molar-refractivity contribution in [2.24, 2.45) is 0 Å². The molecule has 3 aromatic carbocycles. The molecule has 1 aromatic heterocycles. The summed E-state index contributed by atoms with van der Waals surface area (Å²) in [5, 5.41) is 10.4. The quantitative estimate of drug-likeness (QED) is 0.450. The van der Waals surface area contributed by atoms with E-state index in [1.54, 1.807) is 19.2 Å². The standard InChI is InChI=1S/C24H21N3O4/c1-30-18-13-11-17(12-14-18)22(16-7-3-2-4-8-16)25-21(28)15-31-24(29)23-19-9-5-6-10-20(19)26-27-23/h2-14,22H,15H2,1H3,(H,25,28)(H,26,27)/t22-/m0/s1. The third-order valence-corrected chi connectivity index (χ3v) is 4.89. The number of hydrogen-bond acceptors (Lipinski definition) is 5. The maximum atomic E-state index is 12.6. The maximum Gasteiger partial charge on any atom is 0.359 e. The smallest absolute Gasteiger partial charge is 0.359 e. The van der Waals surface area contributed by atoms with Crippen LogP contribution in [0.1, 0.15) is 27.7 Å². The second-order valence-corrected chi connectivity index (χ2v) is 6.88. The van der Waals surface area contributed by atoms with Gasteiger partial charge in [-0.25, -0.2) is 4.79 Å². The summed E-state index contributed by atoms with van der Waals surface area (Å²) in [6.45, 7) is -0.417. The van der Waals surface area contributed by atoms with Gasteiger partial charge in [0.25, 0.3) is 5.91 Å². The predicted molar refractivity (Wildman–Crippen MR) is 116 cm³/mol. The van der Waals surface area contributed by atoms with Gasteiger partial charge in [-0.1, -0.05) is 60.7 Å². The van der Waals surface area contributed by atoms with Crippen LogP contribution in [0.15, 0.2) is 78.9 Å². The SMILES string of the molecule is COc1ccc([C@@H](NC(=O)COC(=O)c2n[nH]c3ccccc23)c2ccccc2)cc1. The number of aromatic amines is 1. The molecule has 0 aliphatic carbocycles. The molecule has 2 N–H and O–H groups in total. The van der Waals surface area contributed by atoms with Crippen LogP contribution in [0.3, 0.4) is 0 Å². The molecular weight excluding hydrogens is 394 g/mol. The molecule has 156 valence electrons. The first-order valence-electron chi connectivity index (χ1n) is 9.74. The lowest BCUT2D eigenvalue weighted by atomic mass is 9.98. The van der Waals surface area contributed by atoms with Crippen molar-refractivity contribution in [3.63, 3.8) is 0 Å². The van der Waals surface area contributed by atoms with Crippen molar-refractivity contribution in [2.75, 3.05) is 13.7 Å². The number of H-pyrrole nitrogens is 1. The van der Waals surface area contributed by atoms with Crippen molar-refractivity contribution >= 4 is 22.8 Å². The molecule has 7 heteroatoms. The molecule has 0 spiro atoms. The normalized spacial score (nSPS) is 11.6. The van der Waals surface area contributed by atoms with Crippen LogP contribution in [0.25, 0.3) is 10.9 Å². The number of para-hydroxylation sites is 1. The highest BCUT2D eigenvalue weighted by molar-refractivity contribution is 6.02. The highest BCUT2D eigenvalue weighted by atomic mass is 16.5. The number of rotatable bonds is 7. The van der Waals surface area contributed by atoms with Crippen LogP contribution >= 0.6 is 0 Å². The van der Waals surface area contributed by atoms with E-state index in [0.717, 1.165) is 22.4 Å². The summed E-state index contributed by atoms with van der Waals surface area (Å²) in [6.07, 6.45) is 0. The Morgan fingerprint density at radius 1 is 0.935 bits per heavy atom. The van der Waals surface area contributed by atoms with Gasteiger partial charge in [-0.15, -0.1) is 0 Å². The van der Waals surface area contributed by atoms with Crippen molar-refractivity contribution in [1.29, 1.82) is 0 Å². The van der Waals surface area contributed by atoms with Crippen LogP contribution < -0.4 is 10.1 Å². The summed E-state index contributed by atoms with van der Waals surface area (Å²) in [5.41, 5.74) is 2.66. The minimum absolute atomic E-state index is 0.151. The van der Waals surface area contributed by atoms with Gasteiger partial charge in [0.1, 0.15) is 5.75 Å². The van der Waals surface area contributed by atoms with E-state index in [4.69, 9.17) is 9.47 Å². The van der Waals surface area contributed by atoms with E-state index in [2.05, 4.69) is 15.5 Å². The average molecular weight is 415 g/mol. The molecule has 7 nitrogen and oxygen atoms in total. The minimum Gasteiger partial charge on any atom is -0.497 e. The first-order chi connectivity index (χ1) is 15.2. The molecule has 0 saturated carbocycles. The third-order valence-electron chi connectivity index (χ3n) is 4.89. The Hall–Kier alpha value is -4.13. The highest BCUT2D eigenvalue weighted by Gasteiger charge is 2.20. The van der Waals surface area contributed by atoms with Crippen molar-refractivity contribution in [3.05, 3.63) is 95.7 Å². The predicted octanol–water partition coefficient (Wildman–Crippen LogP) is 3.63. The number of methoxy groups -OCH3 is 1. The number of carbonyl (C=O) groups is 2. The number of ether oxygens (including phenoxy) is 2. The highest BCUT2D eigenvalue weighted by Crippen LogP contribution is 2.24. The summed E-state index contributed by atoms with van der Waals surface area (Å²) in [7, 11) is 1.60. The molecule has 0 unspecified atom stereocenters. The number of fused-ring (bicyclic) bond motifs is 1. The first-order valence-corrected chi connectivity index (χ1v) is 9.74. The zero-order valence-corrected chi connectivity index (χ0v) is 16.9. The van der Waals surface area contributed by atoms with E-state index >= 15 is 0 Å². The average Bonchev–Trinajstić information content (AvgIpc) is 3.26. The van der Waals surface area contributed by atoms with Crippen LogP contribution in [-0.4, -0.2) is 35.8 Å². The zero-order valence-electron chi connectivity index (χ0n) is 16.9. The molecular formula is C24H21N3O4. The third kappa shape index (κ3) is 4.56. The van der Waals surface area contributed by atoms with E-state index in [0.29, 0.717) is 5.39 Å². The Balaban J connectivity index is 1.46. The van der Waals surface area contributed by atoms with Crippen molar-refractivity contribution < 1.29 is 19.1 Å². The lowest BCUT2D eigenvalue weighted by Gasteiger charge is -2.20. The largest absolute Gasteiger partial charge is 0.497 e. The first kappa shape index (κ1) is 20.2. The molecule has 0 saturated heterocycles. The minimum atomic E-state index is -0.659. The van der Waals surface area contributed by atoms with Gasteiger partial charge in [-0.3, -0.25) is 9.89 Å². The molecule has 0 bridgehead atoms. The van der Waals surface area contributed by atoms with Gasteiger partial charge in [-0.05, 0) is 29.3 Å². The Bertz CT molecular complexity index is 1190. The van der Waals surface area contributed by atoms with E-state index in [9.17, 15) is 9.59 Å². The fourth-order valence-corrected chi connectivity index (χ4v) is 3.32. The molecule has 0 fully saturated rings. The molecule has 1 amide bonds. The topological polar surface area (TPSA) is 93.3 Å². The number of carbonyl (C=O) groups excluding carboxylic acids is 2. The monoisotopic (exact) mass is 415 g/mol. The van der Waals surface area contributed by atoms with E-state index in [-0.39, 0.29) is 5.69 Å². The Labute approximate surface area is 179 Å². The van der Waals surface area contributed by atoms with Crippen LogP contribution in [0.4, 0.5) is 0 Å². The molecule has 1 heterocycles. The summed E-state index contributed by atoms with van der Waals surface area (Å²) in [4.78, 5) is 25.0. The Morgan fingerprint density at radius 3 is 2.35 bits per heavy atom. The van der Waals surface area contributed by atoms with E-state index in [1.807, 2.05) is 66.7 Å². The van der Waals surface area contributed by atoms with E-state index in [1.165, 1.54) is 0 Å². The molecule has 0 aliphatic rings. The van der Waals surface area contributed by atoms with Gasteiger partial charge < -0.3 is 14.8 Å². The van der Waals surface area contributed by atoms with Gasteiger partial charge in [0, 0.05) is 5.39 Å². The fourth-order valence-electron chi connectivity index (χ4n) is 3.32. The second kappa shape index (κ2) is 9.13. The number of nitrogens with zero attached hydrogens (tertiary/aromatic N) is 1. The second-order valence-electron chi connectivity index (χ2n) is 6.88. The van der Waals surface area contributed by atoms with E-state index < -0.39 is 24.5 Å². The lowest BCUT2D eigenvalue weighted by molar-refractivity contribution is -0.124. The number of nitrogens with one attached hydrogen (secondary N) is 2. The van der Waals surface area contributed by atoms with Gasteiger partial charge in [0.15, 0.2) is 12.3 Å². The molecule has 1 atom stereocenters. The number of benzene rings is 3. The number of hydrogen-bond donors (Lipinski definition) is 2. The fraction of sp³-hybridized carbons (Fsp3) is 0.125. The molecule has 0 radical (unpaired) electrons. The summed E-state index contributed by atoms with van der Waals surface area (Å²) >= 11 is 0. The Morgan fingerprint density at radius 2 is 1.61 bits per heavy atom.